The van der Waals surface area contributed by atoms with Crippen molar-refractivity contribution in [3.8, 4) is 11.1 Å². The minimum atomic E-state index is -4.79. The summed E-state index contributed by atoms with van der Waals surface area (Å²) in [5.41, 5.74) is -2.59. The second-order valence-corrected chi connectivity index (χ2v) is 3.79. The number of halogens is 6. The van der Waals surface area contributed by atoms with Crippen LogP contribution >= 0.6 is 0 Å². The molecule has 2 rings (SSSR count). The monoisotopic (exact) mass is 276 g/mol. The molecule has 0 aliphatic heterocycles. The summed E-state index contributed by atoms with van der Waals surface area (Å²) in [6.45, 7) is 0. The molecule has 2 aromatic rings. The molecule has 0 atom stereocenters. The molecule has 0 fully saturated rings. The van der Waals surface area contributed by atoms with Crippen molar-refractivity contribution in [2.75, 3.05) is 0 Å². The summed E-state index contributed by atoms with van der Waals surface area (Å²) in [5.74, 6) is -3.71. The van der Waals surface area contributed by atoms with E-state index in [0.29, 0.717) is 18.2 Å². The maximum absolute atomic E-state index is 13.5. The SMILES string of the molecule is Fc1ccc(C(F)(F)F)c(-c2cccc(F)c2F)c1. The molecule has 0 heterocycles. The minimum Gasteiger partial charge on any atom is -0.207 e. The zero-order valence-electron chi connectivity index (χ0n) is 9.23. The summed E-state index contributed by atoms with van der Waals surface area (Å²) in [7, 11) is 0. The molecule has 0 unspecified atom stereocenters. The predicted octanol–water partition coefficient (Wildman–Crippen LogP) is 4.79. The molecule has 0 aliphatic carbocycles. The molecule has 0 bridgehead atoms. The van der Waals surface area contributed by atoms with Crippen LogP contribution in [0.2, 0.25) is 0 Å². The third-order valence-corrected chi connectivity index (χ3v) is 2.53. The summed E-state index contributed by atoms with van der Waals surface area (Å²) < 4.78 is 77.9. The fourth-order valence-corrected chi connectivity index (χ4v) is 1.70. The first-order valence-corrected chi connectivity index (χ1v) is 5.12. The van der Waals surface area contributed by atoms with Crippen LogP contribution in [0.1, 0.15) is 5.56 Å². The van der Waals surface area contributed by atoms with Crippen molar-refractivity contribution in [1.29, 1.82) is 0 Å². The Labute approximate surface area is 104 Å². The second kappa shape index (κ2) is 4.60. The fourth-order valence-electron chi connectivity index (χ4n) is 1.70. The van der Waals surface area contributed by atoms with E-state index in [-0.39, 0.29) is 0 Å². The normalized spacial score (nSPS) is 11.7. The molecule has 0 aliphatic rings. The van der Waals surface area contributed by atoms with Crippen molar-refractivity contribution in [2.24, 2.45) is 0 Å². The zero-order valence-corrected chi connectivity index (χ0v) is 9.23. The van der Waals surface area contributed by atoms with Gasteiger partial charge in [-0.25, -0.2) is 13.2 Å². The van der Waals surface area contributed by atoms with Gasteiger partial charge in [0.05, 0.1) is 5.56 Å². The van der Waals surface area contributed by atoms with E-state index in [1.165, 1.54) is 0 Å². The van der Waals surface area contributed by atoms with E-state index >= 15 is 0 Å². The van der Waals surface area contributed by atoms with Gasteiger partial charge in [0, 0.05) is 5.56 Å². The van der Waals surface area contributed by atoms with Gasteiger partial charge in [0.15, 0.2) is 11.6 Å². The maximum Gasteiger partial charge on any atom is 0.417 e. The summed E-state index contributed by atoms with van der Waals surface area (Å²) in [6.07, 6.45) is -4.79. The van der Waals surface area contributed by atoms with Crippen LogP contribution in [-0.4, -0.2) is 0 Å². The van der Waals surface area contributed by atoms with Crippen molar-refractivity contribution < 1.29 is 26.3 Å². The first-order chi connectivity index (χ1) is 8.80. The average molecular weight is 276 g/mol. The zero-order chi connectivity index (χ0) is 14.2. The van der Waals surface area contributed by atoms with E-state index in [9.17, 15) is 26.3 Å². The summed E-state index contributed by atoms with van der Waals surface area (Å²) in [6, 6.07) is 4.42. The van der Waals surface area contributed by atoms with Crippen molar-refractivity contribution in [1.82, 2.24) is 0 Å². The molecule has 0 saturated heterocycles. The van der Waals surface area contributed by atoms with Crippen molar-refractivity contribution in [3.63, 3.8) is 0 Å². The van der Waals surface area contributed by atoms with Crippen molar-refractivity contribution >= 4 is 0 Å². The highest BCUT2D eigenvalue weighted by Gasteiger charge is 2.34. The number of hydrogen-bond donors (Lipinski definition) is 0. The van der Waals surface area contributed by atoms with Crippen molar-refractivity contribution in [2.45, 2.75) is 6.18 Å². The van der Waals surface area contributed by atoms with Crippen LogP contribution < -0.4 is 0 Å². The van der Waals surface area contributed by atoms with Gasteiger partial charge in [-0.15, -0.1) is 0 Å². The number of alkyl halides is 3. The van der Waals surface area contributed by atoms with Gasteiger partial charge < -0.3 is 0 Å². The van der Waals surface area contributed by atoms with Crippen LogP contribution in [0.5, 0.6) is 0 Å². The van der Waals surface area contributed by atoms with Crippen LogP contribution in [0.4, 0.5) is 26.3 Å². The number of rotatable bonds is 1. The Hall–Kier alpha value is -1.98. The minimum absolute atomic E-state index is 0.495. The largest absolute Gasteiger partial charge is 0.417 e. The standard InChI is InChI=1S/C13H6F6/c14-7-4-5-10(13(17,18)19)9(6-7)8-2-1-3-11(15)12(8)16/h1-6H. The van der Waals surface area contributed by atoms with E-state index in [4.69, 9.17) is 0 Å². The summed E-state index contributed by atoms with van der Waals surface area (Å²) in [5, 5.41) is 0. The molecule has 0 aromatic heterocycles. The van der Waals surface area contributed by atoms with Gasteiger partial charge in [0.1, 0.15) is 5.82 Å². The first-order valence-electron chi connectivity index (χ1n) is 5.12. The van der Waals surface area contributed by atoms with E-state index in [1.807, 2.05) is 0 Å². The van der Waals surface area contributed by atoms with Gasteiger partial charge in [-0.1, -0.05) is 12.1 Å². The molecule has 0 amide bonds. The lowest BCUT2D eigenvalue weighted by molar-refractivity contribution is -0.137. The third kappa shape index (κ3) is 2.57. The lowest BCUT2D eigenvalue weighted by Gasteiger charge is -2.13. The van der Waals surface area contributed by atoms with Gasteiger partial charge in [0.25, 0.3) is 0 Å². The van der Waals surface area contributed by atoms with E-state index in [2.05, 4.69) is 0 Å². The molecule has 2 aromatic carbocycles. The molecule has 0 nitrogen and oxygen atoms in total. The van der Waals surface area contributed by atoms with Gasteiger partial charge in [-0.3, -0.25) is 0 Å². The van der Waals surface area contributed by atoms with Crippen LogP contribution in [0, 0.1) is 17.5 Å². The van der Waals surface area contributed by atoms with Crippen molar-refractivity contribution in [3.05, 3.63) is 59.4 Å². The Bertz CT molecular complexity index is 615. The Kier molecular flexibility index (Phi) is 3.26. The lowest BCUT2D eigenvalue weighted by Crippen LogP contribution is -2.08. The Morgan fingerprint density at radius 2 is 1.47 bits per heavy atom. The smallest absolute Gasteiger partial charge is 0.207 e. The molecular weight excluding hydrogens is 270 g/mol. The Morgan fingerprint density at radius 1 is 0.789 bits per heavy atom. The highest BCUT2D eigenvalue weighted by Crippen LogP contribution is 2.38. The molecule has 6 heteroatoms. The van der Waals surface area contributed by atoms with Crippen LogP contribution in [-0.2, 0) is 6.18 Å². The van der Waals surface area contributed by atoms with E-state index in [1.54, 1.807) is 0 Å². The molecule has 100 valence electrons. The fraction of sp³-hybridized carbons (Fsp3) is 0.0769. The number of hydrogen-bond acceptors (Lipinski definition) is 0. The van der Waals surface area contributed by atoms with E-state index < -0.39 is 40.3 Å². The average Bonchev–Trinajstić information content (AvgIpc) is 2.31. The topological polar surface area (TPSA) is 0 Å². The molecule has 0 spiro atoms. The molecule has 0 saturated carbocycles. The Morgan fingerprint density at radius 3 is 2.11 bits per heavy atom. The summed E-state index contributed by atoms with van der Waals surface area (Å²) in [4.78, 5) is 0. The number of benzene rings is 2. The second-order valence-electron chi connectivity index (χ2n) is 3.79. The highest BCUT2D eigenvalue weighted by atomic mass is 19.4. The van der Waals surface area contributed by atoms with Gasteiger partial charge in [-0.05, 0) is 29.8 Å². The molecule has 19 heavy (non-hydrogen) atoms. The lowest BCUT2D eigenvalue weighted by atomic mass is 9.98. The van der Waals surface area contributed by atoms with E-state index in [0.717, 1.165) is 18.2 Å². The maximum atomic E-state index is 13.5. The van der Waals surface area contributed by atoms with Gasteiger partial charge in [-0.2, -0.15) is 13.2 Å². The van der Waals surface area contributed by atoms with Crippen LogP contribution in [0.3, 0.4) is 0 Å². The summed E-state index contributed by atoms with van der Waals surface area (Å²) >= 11 is 0. The first kappa shape index (κ1) is 13.5. The molecular formula is C13H6F6. The van der Waals surface area contributed by atoms with Gasteiger partial charge in [0.2, 0.25) is 0 Å². The third-order valence-electron chi connectivity index (χ3n) is 2.53. The molecule has 0 N–H and O–H groups in total. The predicted molar refractivity (Wildman–Crippen MR) is 56.8 cm³/mol. The highest BCUT2D eigenvalue weighted by molar-refractivity contribution is 5.68. The Balaban J connectivity index is 2.74. The molecule has 0 radical (unpaired) electrons. The quantitative estimate of drug-likeness (QED) is 0.657. The van der Waals surface area contributed by atoms with Crippen LogP contribution in [0.15, 0.2) is 36.4 Å². The van der Waals surface area contributed by atoms with Gasteiger partial charge >= 0.3 is 6.18 Å². The van der Waals surface area contributed by atoms with Crippen LogP contribution in [0.25, 0.3) is 11.1 Å².